The van der Waals surface area contributed by atoms with Crippen molar-refractivity contribution in [3.05, 3.63) is 12.2 Å². The van der Waals surface area contributed by atoms with E-state index in [1.54, 1.807) is 4.90 Å². The molecular formula is C10H18F2N2. The smallest absolute Gasteiger partial charge is 0.272 e. The van der Waals surface area contributed by atoms with Gasteiger partial charge in [-0.2, -0.15) is 0 Å². The Bertz CT molecular complexity index is 196. The van der Waals surface area contributed by atoms with Gasteiger partial charge in [-0.05, 0) is 18.5 Å². The van der Waals surface area contributed by atoms with E-state index >= 15 is 0 Å². The standard InChI is InChI=1S/C10H18F2N2/c1-3-4-13-7-10(11,12)8-14-5-9(2)6-14/h13H,2-8H2,1H3. The molecule has 0 aromatic carbocycles. The number of halogens is 2. The van der Waals surface area contributed by atoms with Gasteiger partial charge in [-0.25, -0.2) is 8.78 Å². The van der Waals surface area contributed by atoms with Crippen LogP contribution in [0.5, 0.6) is 0 Å². The lowest BCUT2D eigenvalue weighted by Gasteiger charge is -2.35. The molecule has 14 heavy (non-hydrogen) atoms. The van der Waals surface area contributed by atoms with Crippen molar-refractivity contribution < 1.29 is 8.78 Å². The average molecular weight is 204 g/mol. The van der Waals surface area contributed by atoms with E-state index in [0.717, 1.165) is 12.0 Å². The minimum Gasteiger partial charge on any atom is -0.311 e. The van der Waals surface area contributed by atoms with E-state index in [4.69, 9.17) is 0 Å². The highest BCUT2D eigenvalue weighted by molar-refractivity contribution is 5.10. The minimum absolute atomic E-state index is 0.150. The molecule has 2 nitrogen and oxygen atoms in total. The fraction of sp³-hybridized carbons (Fsp3) is 0.800. The van der Waals surface area contributed by atoms with Crippen molar-refractivity contribution in [3.8, 4) is 0 Å². The van der Waals surface area contributed by atoms with Crippen LogP contribution in [0.4, 0.5) is 8.78 Å². The zero-order valence-electron chi connectivity index (χ0n) is 8.65. The molecule has 0 saturated carbocycles. The zero-order valence-corrected chi connectivity index (χ0v) is 8.65. The summed E-state index contributed by atoms with van der Waals surface area (Å²) in [4.78, 5) is 1.72. The quantitative estimate of drug-likeness (QED) is 0.521. The van der Waals surface area contributed by atoms with E-state index in [1.807, 2.05) is 6.92 Å². The predicted molar refractivity (Wildman–Crippen MR) is 53.7 cm³/mol. The second-order valence-electron chi connectivity index (χ2n) is 3.93. The first-order valence-electron chi connectivity index (χ1n) is 5.01. The maximum atomic E-state index is 13.2. The van der Waals surface area contributed by atoms with Crippen LogP contribution in [-0.2, 0) is 0 Å². The number of hydrogen-bond acceptors (Lipinski definition) is 2. The van der Waals surface area contributed by atoms with E-state index in [9.17, 15) is 8.78 Å². The van der Waals surface area contributed by atoms with Crippen molar-refractivity contribution >= 4 is 0 Å². The Morgan fingerprint density at radius 1 is 1.50 bits per heavy atom. The topological polar surface area (TPSA) is 15.3 Å². The number of alkyl halides is 2. The number of hydrogen-bond donors (Lipinski definition) is 1. The third-order valence-electron chi connectivity index (χ3n) is 2.16. The molecule has 1 fully saturated rings. The van der Waals surface area contributed by atoms with Crippen LogP contribution in [0, 0.1) is 0 Å². The molecule has 0 unspecified atom stereocenters. The van der Waals surface area contributed by atoms with Crippen LogP contribution in [-0.4, -0.2) is 43.5 Å². The molecule has 4 heteroatoms. The van der Waals surface area contributed by atoms with Gasteiger partial charge in [0.25, 0.3) is 5.92 Å². The first-order chi connectivity index (χ1) is 6.53. The van der Waals surface area contributed by atoms with Crippen molar-refractivity contribution in [2.24, 2.45) is 0 Å². The minimum atomic E-state index is -2.62. The lowest BCUT2D eigenvalue weighted by atomic mass is 10.1. The van der Waals surface area contributed by atoms with Gasteiger partial charge in [-0.3, -0.25) is 4.90 Å². The van der Waals surface area contributed by atoms with Crippen molar-refractivity contribution in [1.82, 2.24) is 10.2 Å². The van der Waals surface area contributed by atoms with Gasteiger partial charge in [-0.1, -0.05) is 13.5 Å². The molecule has 1 rings (SSSR count). The predicted octanol–water partition coefficient (Wildman–Crippen LogP) is 1.49. The molecule has 1 aliphatic heterocycles. The van der Waals surface area contributed by atoms with Crippen molar-refractivity contribution in [1.29, 1.82) is 0 Å². The molecule has 1 saturated heterocycles. The molecule has 0 bridgehead atoms. The summed E-state index contributed by atoms with van der Waals surface area (Å²) in [7, 11) is 0. The third kappa shape index (κ3) is 3.72. The molecule has 0 radical (unpaired) electrons. The van der Waals surface area contributed by atoms with Gasteiger partial charge in [0, 0.05) is 13.1 Å². The Morgan fingerprint density at radius 3 is 2.64 bits per heavy atom. The molecule has 1 aliphatic rings. The van der Waals surface area contributed by atoms with Gasteiger partial charge in [0.15, 0.2) is 0 Å². The van der Waals surface area contributed by atoms with Crippen LogP contribution < -0.4 is 5.32 Å². The summed E-state index contributed by atoms with van der Waals surface area (Å²) in [6.07, 6.45) is 0.886. The Labute approximate surface area is 84.0 Å². The largest absolute Gasteiger partial charge is 0.311 e. The molecule has 0 spiro atoms. The first kappa shape index (κ1) is 11.6. The van der Waals surface area contributed by atoms with E-state index in [1.165, 1.54) is 0 Å². The van der Waals surface area contributed by atoms with E-state index in [2.05, 4.69) is 11.9 Å². The van der Waals surface area contributed by atoms with E-state index in [0.29, 0.717) is 19.6 Å². The van der Waals surface area contributed by atoms with E-state index in [-0.39, 0.29) is 13.1 Å². The van der Waals surface area contributed by atoms with Gasteiger partial charge >= 0.3 is 0 Å². The average Bonchev–Trinajstić information content (AvgIpc) is 2.01. The summed E-state index contributed by atoms with van der Waals surface area (Å²) in [5.41, 5.74) is 1.04. The lowest BCUT2D eigenvalue weighted by molar-refractivity contribution is -0.0345. The maximum Gasteiger partial charge on any atom is 0.272 e. The molecule has 1 N–H and O–H groups in total. The number of nitrogens with zero attached hydrogens (tertiary/aromatic N) is 1. The fourth-order valence-electron chi connectivity index (χ4n) is 1.53. The number of rotatable bonds is 6. The summed E-state index contributed by atoms with van der Waals surface area (Å²) < 4.78 is 26.4. The van der Waals surface area contributed by atoms with Gasteiger partial charge < -0.3 is 5.32 Å². The second kappa shape index (κ2) is 4.84. The number of likely N-dealkylation sites (tertiary alicyclic amines) is 1. The van der Waals surface area contributed by atoms with Gasteiger partial charge in [0.2, 0.25) is 0 Å². The van der Waals surface area contributed by atoms with E-state index < -0.39 is 5.92 Å². The van der Waals surface area contributed by atoms with Crippen LogP contribution in [0.2, 0.25) is 0 Å². The lowest BCUT2D eigenvalue weighted by Crippen LogP contribution is -2.49. The normalized spacial score (nSPS) is 18.4. The van der Waals surface area contributed by atoms with Gasteiger partial charge in [-0.15, -0.1) is 0 Å². The van der Waals surface area contributed by atoms with Crippen molar-refractivity contribution in [2.45, 2.75) is 19.3 Å². The van der Waals surface area contributed by atoms with Crippen LogP contribution >= 0.6 is 0 Å². The SMILES string of the molecule is C=C1CN(CC(F)(F)CNCCC)C1. The molecule has 0 atom stereocenters. The molecule has 0 aromatic rings. The summed E-state index contributed by atoms with van der Waals surface area (Å²) in [5.74, 6) is -2.62. The van der Waals surface area contributed by atoms with Crippen molar-refractivity contribution in [3.63, 3.8) is 0 Å². The van der Waals surface area contributed by atoms with Crippen molar-refractivity contribution in [2.75, 3.05) is 32.7 Å². The first-order valence-corrected chi connectivity index (χ1v) is 5.01. The Balaban J connectivity index is 2.16. The summed E-state index contributed by atoms with van der Waals surface area (Å²) in [6.45, 7) is 7.22. The molecule has 0 aliphatic carbocycles. The highest BCUT2D eigenvalue weighted by Gasteiger charge is 2.34. The monoisotopic (exact) mass is 204 g/mol. The zero-order chi connectivity index (χ0) is 10.6. The maximum absolute atomic E-state index is 13.2. The molecule has 0 aromatic heterocycles. The molecule has 0 amide bonds. The third-order valence-corrected chi connectivity index (χ3v) is 2.16. The summed E-state index contributed by atoms with van der Waals surface area (Å²) >= 11 is 0. The Morgan fingerprint density at radius 2 is 2.14 bits per heavy atom. The molecule has 1 heterocycles. The summed E-state index contributed by atoms with van der Waals surface area (Å²) in [6, 6.07) is 0. The second-order valence-corrected chi connectivity index (χ2v) is 3.93. The van der Waals surface area contributed by atoms with Crippen LogP contribution in [0.1, 0.15) is 13.3 Å². The molecule has 82 valence electrons. The van der Waals surface area contributed by atoms with Crippen LogP contribution in [0.3, 0.4) is 0 Å². The fourth-order valence-corrected chi connectivity index (χ4v) is 1.53. The Kier molecular flexibility index (Phi) is 4.01. The summed E-state index contributed by atoms with van der Waals surface area (Å²) in [5, 5.41) is 2.74. The van der Waals surface area contributed by atoms with Crippen LogP contribution in [0.25, 0.3) is 0 Å². The van der Waals surface area contributed by atoms with Crippen LogP contribution in [0.15, 0.2) is 12.2 Å². The highest BCUT2D eigenvalue weighted by Crippen LogP contribution is 2.20. The molecular weight excluding hydrogens is 186 g/mol. The Hall–Kier alpha value is -0.480. The number of nitrogens with one attached hydrogen (secondary N) is 1. The van der Waals surface area contributed by atoms with Gasteiger partial charge in [0.05, 0.1) is 13.1 Å². The highest BCUT2D eigenvalue weighted by atomic mass is 19.3. The van der Waals surface area contributed by atoms with Gasteiger partial charge in [0.1, 0.15) is 0 Å².